The van der Waals surface area contributed by atoms with E-state index in [2.05, 4.69) is 91.5 Å². The number of benzene rings is 1. The number of hydrogen-bond acceptors (Lipinski definition) is 6. The van der Waals surface area contributed by atoms with Crippen LogP contribution in [0.3, 0.4) is 0 Å². The molecule has 218 valence electrons. The van der Waals surface area contributed by atoms with E-state index in [9.17, 15) is 0 Å². The lowest BCUT2D eigenvalue weighted by molar-refractivity contribution is 0.176. The van der Waals surface area contributed by atoms with Gasteiger partial charge in [-0.15, -0.1) is 10.2 Å². The van der Waals surface area contributed by atoms with Gasteiger partial charge < -0.3 is 14.9 Å². The molecule has 1 saturated heterocycles. The number of hydrogen-bond donors (Lipinski definition) is 1. The molecule has 0 saturated carbocycles. The molecule has 1 fully saturated rings. The van der Waals surface area contributed by atoms with E-state index in [4.69, 9.17) is 14.9 Å². The summed E-state index contributed by atoms with van der Waals surface area (Å²) in [5, 5.41) is 9.19. The molecule has 7 nitrogen and oxygen atoms in total. The second-order valence-electron chi connectivity index (χ2n) is 12.8. The maximum Gasteiger partial charge on any atom is 0.200 e. The van der Waals surface area contributed by atoms with E-state index in [0.29, 0.717) is 16.6 Å². The molecule has 0 spiro atoms. The van der Waals surface area contributed by atoms with Gasteiger partial charge in [-0.25, -0.2) is 0 Å². The fraction of sp³-hybridized carbons (Fsp3) is 0.625. The zero-order chi connectivity index (χ0) is 28.4. The van der Waals surface area contributed by atoms with Gasteiger partial charge >= 0.3 is 0 Å². The average Bonchev–Trinajstić information content (AvgIpc) is 3.56. The quantitative estimate of drug-likeness (QED) is 0.194. The highest BCUT2D eigenvalue weighted by molar-refractivity contribution is 6.77. The van der Waals surface area contributed by atoms with Gasteiger partial charge in [0.05, 0.1) is 12.2 Å². The van der Waals surface area contributed by atoms with Crippen molar-refractivity contribution in [3.05, 3.63) is 59.5 Å². The zero-order valence-corrected chi connectivity index (χ0v) is 26.3. The molecule has 0 amide bonds. The van der Waals surface area contributed by atoms with Crippen LogP contribution in [0.2, 0.25) is 16.6 Å². The monoisotopic (exact) mass is 563 g/mol. The standard InChI is InChI=1S/C32H49N5O2Si/c1-22(2)40(23(3)4,24(5)6)38-20-10-19-36-18-9-13-29(36)32-35-34-31-17-14-25(21-37(31)32)39-30-16-15-28(33)26-11-7-8-12-27(26)30/h7-8,11-12,14,17,21-24,28-30H,9-10,13,15-16,18-20,33H2,1-6H3. The van der Waals surface area contributed by atoms with Gasteiger partial charge in [0, 0.05) is 19.2 Å². The van der Waals surface area contributed by atoms with Crippen LogP contribution in [-0.2, 0) is 4.43 Å². The average molecular weight is 564 g/mol. The second-order valence-corrected chi connectivity index (χ2v) is 18.2. The van der Waals surface area contributed by atoms with Gasteiger partial charge in [0.1, 0.15) is 11.9 Å². The summed E-state index contributed by atoms with van der Waals surface area (Å²) in [5.74, 6) is 1.86. The third kappa shape index (κ3) is 5.60. The molecule has 3 unspecified atom stereocenters. The maximum atomic E-state index is 6.84. The molecule has 1 aromatic carbocycles. The molecule has 0 bridgehead atoms. The van der Waals surface area contributed by atoms with E-state index in [0.717, 1.165) is 62.6 Å². The Labute approximate surface area is 241 Å². The zero-order valence-electron chi connectivity index (χ0n) is 25.3. The van der Waals surface area contributed by atoms with Gasteiger partial charge in [-0.3, -0.25) is 9.30 Å². The topological polar surface area (TPSA) is 77.9 Å². The predicted octanol–water partition coefficient (Wildman–Crippen LogP) is 7.36. The highest BCUT2D eigenvalue weighted by atomic mass is 28.4. The molecule has 0 radical (unpaired) electrons. The number of nitrogens with two attached hydrogens (primary N) is 1. The minimum atomic E-state index is -1.83. The molecule has 3 aromatic rings. The van der Waals surface area contributed by atoms with Crippen molar-refractivity contribution in [2.45, 2.75) is 108 Å². The summed E-state index contributed by atoms with van der Waals surface area (Å²) < 4.78 is 15.5. The molecule has 8 heteroatoms. The third-order valence-corrected chi connectivity index (χ3v) is 15.6. The summed E-state index contributed by atoms with van der Waals surface area (Å²) in [5.41, 5.74) is 11.5. The van der Waals surface area contributed by atoms with Gasteiger partial charge in [-0.05, 0) is 78.5 Å². The first kappa shape index (κ1) is 29.2. The van der Waals surface area contributed by atoms with Gasteiger partial charge in [0.15, 0.2) is 19.8 Å². The van der Waals surface area contributed by atoms with Crippen molar-refractivity contribution in [3.8, 4) is 5.75 Å². The number of ether oxygens (including phenoxy) is 1. The summed E-state index contributed by atoms with van der Waals surface area (Å²) in [6.07, 6.45) is 7.26. The van der Waals surface area contributed by atoms with Crippen LogP contribution in [0, 0.1) is 0 Å². The first-order valence-electron chi connectivity index (χ1n) is 15.5. The summed E-state index contributed by atoms with van der Waals surface area (Å²) in [6, 6.07) is 12.8. The Hall–Kier alpha value is -2.26. The van der Waals surface area contributed by atoms with Crippen molar-refractivity contribution in [2.24, 2.45) is 5.73 Å². The van der Waals surface area contributed by atoms with Crippen molar-refractivity contribution < 1.29 is 9.16 Å². The summed E-state index contributed by atoms with van der Waals surface area (Å²) >= 11 is 0. The molecule has 5 rings (SSSR count). The van der Waals surface area contributed by atoms with Crippen LogP contribution >= 0.6 is 0 Å². The van der Waals surface area contributed by atoms with E-state index >= 15 is 0 Å². The first-order valence-corrected chi connectivity index (χ1v) is 17.6. The van der Waals surface area contributed by atoms with E-state index in [-0.39, 0.29) is 18.2 Å². The van der Waals surface area contributed by atoms with Crippen molar-refractivity contribution in [1.29, 1.82) is 0 Å². The van der Waals surface area contributed by atoms with Crippen LogP contribution in [-0.4, -0.2) is 47.5 Å². The summed E-state index contributed by atoms with van der Waals surface area (Å²) in [4.78, 5) is 2.58. The first-order chi connectivity index (χ1) is 19.2. The number of rotatable bonds is 11. The lowest BCUT2D eigenvalue weighted by Crippen LogP contribution is -2.48. The second kappa shape index (κ2) is 12.3. The van der Waals surface area contributed by atoms with Crippen LogP contribution in [0.4, 0.5) is 0 Å². The van der Waals surface area contributed by atoms with Crippen molar-refractivity contribution >= 4 is 14.0 Å². The molecule has 2 aromatic heterocycles. The third-order valence-electron chi connectivity index (χ3n) is 9.47. The Bertz CT molecular complexity index is 1250. The van der Waals surface area contributed by atoms with Crippen molar-refractivity contribution in [1.82, 2.24) is 19.5 Å². The van der Waals surface area contributed by atoms with Gasteiger partial charge in [-0.2, -0.15) is 0 Å². The maximum absolute atomic E-state index is 6.84. The number of likely N-dealkylation sites (tertiary alicyclic amines) is 1. The van der Waals surface area contributed by atoms with Crippen LogP contribution in [0.25, 0.3) is 5.65 Å². The molecular formula is C32H49N5O2Si. The Kier molecular flexibility index (Phi) is 9.00. The van der Waals surface area contributed by atoms with E-state index in [1.54, 1.807) is 0 Å². The van der Waals surface area contributed by atoms with Crippen molar-refractivity contribution in [3.63, 3.8) is 0 Å². The predicted molar refractivity (Wildman–Crippen MR) is 164 cm³/mol. The highest BCUT2D eigenvalue weighted by Gasteiger charge is 2.45. The molecule has 2 N–H and O–H groups in total. The fourth-order valence-corrected chi connectivity index (χ4v) is 13.2. The number of fused-ring (bicyclic) bond motifs is 2. The van der Waals surface area contributed by atoms with Crippen LogP contribution in [0.15, 0.2) is 42.6 Å². The van der Waals surface area contributed by atoms with Crippen molar-refractivity contribution in [2.75, 3.05) is 19.7 Å². The summed E-state index contributed by atoms with van der Waals surface area (Å²) in [7, 11) is -1.83. The van der Waals surface area contributed by atoms with Crippen LogP contribution in [0.1, 0.15) is 109 Å². The fourth-order valence-electron chi connectivity index (χ4n) is 7.66. The molecule has 1 aliphatic heterocycles. The van der Waals surface area contributed by atoms with Crippen LogP contribution < -0.4 is 10.5 Å². The minimum Gasteiger partial charge on any atom is -0.484 e. The smallest absolute Gasteiger partial charge is 0.200 e. The minimum absolute atomic E-state index is 0.00884. The molecule has 3 atom stereocenters. The Morgan fingerprint density at radius 1 is 0.925 bits per heavy atom. The highest BCUT2D eigenvalue weighted by Crippen LogP contribution is 2.42. The molecule has 40 heavy (non-hydrogen) atoms. The SMILES string of the molecule is CC(C)[Si](OCCCN1CCCC1c1nnc2ccc(OC3CCC(N)c4ccccc43)cn12)(C(C)C)C(C)C. The van der Waals surface area contributed by atoms with E-state index < -0.39 is 8.32 Å². The Morgan fingerprint density at radius 2 is 1.65 bits per heavy atom. The van der Waals surface area contributed by atoms with Gasteiger partial charge in [0.2, 0.25) is 0 Å². The van der Waals surface area contributed by atoms with Gasteiger partial charge in [-0.1, -0.05) is 65.8 Å². The van der Waals surface area contributed by atoms with E-state index in [1.807, 2.05) is 12.1 Å². The van der Waals surface area contributed by atoms with Gasteiger partial charge in [0.25, 0.3) is 0 Å². The molecule has 2 aliphatic rings. The number of nitrogens with zero attached hydrogens (tertiary/aromatic N) is 4. The number of pyridine rings is 1. The lowest BCUT2D eigenvalue weighted by atomic mass is 9.86. The molecular weight excluding hydrogens is 514 g/mol. The van der Waals surface area contributed by atoms with Crippen LogP contribution in [0.5, 0.6) is 5.75 Å². The summed E-state index contributed by atoms with van der Waals surface area (Å²) in [6.45, 7) is 17.1. The lowest BCUT2D eigenvalue weighted by Gasteiger charge is -2.42. The molecule has 3 heterocycles. The Morgan fingerprint density at radius 3 is 2.38 bits per heavy atom. The van der Waals surface area contributed by atoms with E-state index in [1.165, 1.54) is 17.5 Å². The molecule has 1 aliphatic carbocycles. The normalized spacial score (nSPS) is 22.1. The largest absolute Gasteiger partial charge is 0.484 e. The number of aromatic nitrogens is 3. The Balaban J connectivity index is 1.27.